The van der Waals surface area contributed by atoms with Gasteiger partial charge in [0.2, 0.25) is 0 Å². The van der Waals surface area contributed by atoms with Gasteiger partial charge in [-0.05, 0) is 19.4 Å². The molecule has 1 aromatic carbocycles. The first-order valence-corrected chi connectivity index (χ1v) is 3.53. The van der Waals surface area contributed by atoms with E-state index in [1.165, 1.54) is 5.56 Å². The van der Waals surface area contributed by atoms with E-state index in [0.717, 1.165) is 11.1 Å². The lowest BCUT2D eigenvalue weighted by atomic mass is 10.1. The largest absolute Gasteiger partial charge is 0.384 e. The van der Waals surface area contributed by atoms with Crippen LogP contribution in [0.15, 0.2) is 18.2 Å². The maximum atomic E-state index is 7.22. The Balaban J connectivity index is 0.00000121. The minimum absolute atomic E-state index is 0. The van der Waals surface area contributed by atoms with Crippen molar-refractivity contribution in [1.82, 2.24) is 0 Å². The van der Waals surface area contributed by atoms with E-state index in [9.17, 15) is 0 Å². The Labute approximate surface area is 78.7 Å². The van der Waals surface area contributed by atoms with Gasteiger partial charge in [-0.3, -0.25) is 5.41 Å². The van der Waals surface area contributed by atoms with Gasteiger partial charge in [-0.15, -0.1) is 12.4 Å². The van der Waals surface area contributed by atoms with Crippen LogP contribution >= 0.6 is 12.4 Å². The molecule has 2 nitrogen and oxygen atoms in total. The molecule has 0 aliphatic rings. The summed E-state index contributed by atoms with van der Waals surface area (Å²) < 4.78 is 0. The van der Waals surface area contributed by atoms with Crippen LogP contribution in [0.1, 0.15) is 16.7 Å². The lowest BCUT2D eigenvalue weighted by molar-refractivity contribution is 1.33. The first-order valence-electron chi connectivity index (χ1n) is 3.53. The van der Waals surface area contributed by atoms with Crippen molar-refractivity contribution in [2.45, 2.75) is 13.8 Å². The molecule has 0 amide bonds. The molecule has 0 aromatic heterocycles. The number of benzene rings is 1. The first kappa shape index (κ1) is 11.0. The molecule has 0 saturated heterocycles. The zero-order valence-corrected chi connectivity index (χ0v) is 8.03. The summed E-state index contributed by atoms with van der Waals surface area (Å²) in [4.78, 5) is 0. The van der Waals surface area contributed by atoms with E-state index < -0.39 is 0 Å². The molecule has 0 fully saturated rings. The minimum atomic E-state index is 0. The average molecular weight is 185 g/mol. The molecule has 0 radical (unpaired) electrons. The number of aryl methyl sites for hydroxylation is 2. The molecule has 0 aliphatic heterocycles. The maximum Gasteiger partial charge on any atom is 0.123 e. The smallest absolute Gasteiger partial charge is 0.123 e. The molecule has 1 aromatic rings. The van der Waals surface area contributed by atoms with Gasteiger partial charge >= 0.3 is 0 Å². The fraction of sp³-hybridized carbons (Fsp3) is 0.222. The van der Waals surface area contributed by atoms with Crippen molar-refractivity contribution in [2.24, 2.45) is 5.73 Å². The Morgan fingerprint density at radius 3 is 2.33 bits per heavy atom. The van der Waals surface area contributed by atoms with Crippen molar-refractivity contribution < 1.29 is 0 Å². The number of nitrogens with two attached hydrogens (primary N) is 1. The third kappa shape index (κ3) is 2.24. The second-order valence-electron chi connectivity index (χ2n) is 2.73. The number of halogens is 1. The van der Waals surface area contributed by atoms with E-state index in [4.69, 9.17) is 11.1 Å². The van der Waals surface area contributed by atoms with Gasteiger partial charge in [0.15, 0.2) is 0 Å². The van der Waals surface area contributed by atoms with Crippen LogP contribution in [0.3, 0.4) is 0 Å². The van der Waals surface area contributed by atoms with Crippen LogP contribution in [0.25, 0.3) is 0 Å². The number of rotatable bonds is 1. The lowest BCUT2D eigenvalue weighted by Gasteiger charge is -2.03. The highest BCUT2D eigenvalue weighted by Gasteiger charge is 1.99. The molecule has 3 heteroatoms. The molecule has 3 N–H and O–H groups in total. The molecule has 0 spiro atoms. The molecule has 0 heterocycles. The molecule has 0 aliphatic carbocycles. The number of nitrogens with one attached hydrogen (secondary N) is 1. The van der Waals surface area contributed by atoms with Crippen molar-refractivity contribution in [3.63, 3.8) is 0 Å². The molecule has 1 rings (SSSR count). The number of hydrogen-bond acceptors (Lipinski definition) is 1. The van der Waals surface area contributed by atoms with Crippen LogP contribution in [0.4, 0.5) is 0 Å². The van der Waals surface area contributed by atoms with Crippen LogP contribution in [-0.2, 0) is 0 Å². The molecule has 0 atom stereocenters. The maximum absolute atomic E-state index is 7.22. The third-order valence-corrected chi connectivity index (χ3v) is 1.67. The van der Waals surface area contributed by atoms with E-state index in [1.54, 1.807) is 0 Å². The van der Waals surface area contributed by atoms with Crippen molar-refractivity contribution >= 4 is 18.2 Å². The van der Waals surface area contributed by atoms with Crippen molar-refractivity contribution in [2.75, 3.05) is 0 Å². The first-order chi connectivity index (χ1) is 5.11. The summed E-state index contributed by atoms with van der Waals surface area (Å²) in [5, 5.41) is 7.22. The lowest BCUT2D eigenvalue weighted by Crippen LogP contribution is -2.12. The predicted molar refractivity (Wildman–Crippen MR) is 54.2 cm³/mol. The van der Waals surface area contributed by atoms with Crippen LogP contribution in [-0.4, -0.2) is 5.84 Å². The number of amidine groups is 1. The minimum Gasteiger partial charge on any atom is -0.384 e. The van der Waals surface area contributed by atoms with E-state index in [2.05, 4.69) is 0 Å². The summed E-state index contributed by atoms with van der Waals surface area (Å²) >= 11 is 0. The number of hydrogen-bond donors (Lipinski definition) is 2. The topological polar surface area (TPSA) is 49.9 Å². The fourth-order valence-electron chi connectivity index (χ4n) is 1.12. The Morgan fingerprint density at radius 2 is 1.92 bits per heavy atom. The van der Waals surface area contributed by atoms with Gasteiger partial charge < -0.3 is 5.73 Å². The van der Waals surface area contributed by atoms with Gasteiger partial charge in [-0.2, -0.15) is 0 Å². The van der Waals surface area contributed by atoms with Crippen LogP contribution in [0, 0.1) is 19.3 Å². The molecule has 0 bridgehead atoms. The standard InChI is InChI=1S/C9H12N2.ClH/c1-6-3-4-8(9(10)11)7(2)5-6;/h3-5H,1-2H3,(H3,10,11);1H. The fourth-order valence-corrected chi connectivity index (χ4v) is 1.12. The van der Waals surface area contributed by atoms with Crippen LogP contribution in [0.5, 0.6) is 0 Å². The van der Waals surface area contributed by atoms with Crippen molar-refractivity contribution in [1.29, 1.82) is 5.41 Å². The average Bonchev–Trinajstić information content (AvgIpc) is 1.85. The van der Waals surface area contributed by atoms with Crippen molar-refractivity contribution in [3.05, 3.63) is 34.9 Å². The van der Waals surface area contributed by atoms with Gasteiger partial charge in [0.25, 0.3) is 0 Å². The zero-order chi connectivity index (χ0) is 8.43. The number of nitrogen functional groups attached to an aromatic ring is 1. The third-order valence-electron chi connectivity index (χ3n) is 1.67. The molecule has 0 saturated carbocycles. The molecule has 12 heavy (non-hydrogen) atoms. The summed E-state index contributed by atoms with van der Waals surface area (Å²) in [5.74, 6) is 0.141. The van der Waals surface area contributed by atoms with Crippen LogP contribution < -0.4 is 5.73 Å². The van der Waals surface area contributed by atoms with Gasteiger partial charge in [-0.1, -0.05) is 23.8 Å². The Morgan fingerprint density at radius 1 is 1.33 bits per heavy atom. The Hall–Kier alpha value is -1.02. The van der Waals surface area contributed by atoms with Crippen LogP contribution in [0.2, 0.25) is 0 Å². The highest BCUT2D eigenvalue weighted by atomic mass is 35.5. The predicted octanol–water partition coefficient (Wildman–Crippen LogP) is 2.01. The van der Waals surface area contributed by atoms with Crippen molar-refractivity contribution in [3.8, 4) is 0 Å². The normalized spacial score (nSPS) is 8.83. The molecular formula is C9H13ClN2. The second-order valence-corrected chi connectivity index (χ2v) is 2.73. The second kappa shape index (κ2) is 4.12. The van der Waals surface area contributed by atoms with E-state index in [-0.39, 0.29) is 18.2 Å². The molecular weight excluding hydrogens is 172 g/mol. The summed E-state index contributed by atoms with van der Waals surface area (Å²) in [5.41, 5.74) is 8.45. The zero-order valence-electron chi connectivity index (χ0n) is 7.22. The summed E-state index contributed by atoms with van der Waals surface area (Å²) in [7, 11) is 0. The van der Waals surface area contributed by atoms with Gasteiger partial charge in [0.1, 0.15) is 5.84 Å². The SMILES string of the molecule is Cc1ccc(C(=N)N)c(C)c1.Cl. The summed E-state index contributed by atoms with van der Waals surface area (Å²) in [6.07, 6.45) is 0. The van der Waals surface area contributed by atoms with Gasteiger partial charge in [-0.25, -0.2) is 0 Å². The highest BCUT2D eigenvalue weighted by molar-refractivity contribution is 5.96. The summed E-state index contributed by atoms with van der Waals surface area (Å²) in [6, 6.07) is 5.87. The van der Waals surface area contributed by atoms with E-state index in [0.29, 0.717) is 0 Å². The van der Waals surface area contributed by atoms with Gasteiger partial charge in [0, 0.05) is 5.56 Å². The van der Waals surface area contributed by atoms with E-state index in [1.807, 2.05) is 32.0 Å². The van der Waals surface area contributed by atoms with E-state index >= 15 is 0 Å². The highest BCUT2D eigenvalue weighted by Crippen LogP contribution is 2.08. The molecule has 66 valence electrons. The Bertz CT molecular complexity index is 295. The quantitative estimate of drug-likeness (QED) is 0.509. The Kier molecular flexibility index (Phi) is 3.77. The van der Waals surface area contributed by atoms with Gasteiger partial charge in [0.05, 0.1) is 0 Å². The summed E-state index contributed by atoms with van der Waals surface area (Å²) in [6.45, 7) is 3.99. The monoisotopic (exact) mass is 184 g/mol. The molecule has 0 unspecified atom stereocenters.